The summed E-state index contributed by atoms with van der Waals surface area (Å²) in [6.45, 7) is 3.93. The van der Waals surface area contributed by atoms with Gasteiger partial charge in [-0.25, -0.2) is 9.90 Å². The summed E-state index contributed by atoms with van der Waals surface area (Å²) >= 11 is 0. The maximum absolute atomic E-state index is 13.7. The summed E-state index contributed by atoms with van der Waals surface area (Å²) in [6, 6.07) is 1.90. The molecule has 166 valence electrons. The summed E-state index contributed by atoms with van der Waals surface area (Å²) in [7, 11) is 2.87. The molecule has 0 N–H and O–H groups in total. The number of ketones is 1. The van der Waals surface area contributed by atoms with Crippen molar-refractivity contribution in [3.05, 3.63) is 23.3 Å². The van der Waals surface area contributed by atoms with Gasteiger partial charge in [-0.1, -0.05) is 0 Å². The molecule has 1 amide bonds. The maximum Gasteiger partial charge on any atom is 0.322 e. The minimum Gasteiger partial charge on any atom is -0.426 e. The molecule has 0 saturated carbocycles. The second-order valence-corrected chi connectivity index (χ2v) is 7.49. The van der Waals surface area contributed by atoms with Crippen molar-refractivity contribution in [3.63, 3.8) is 0 Å². The number of hydroxylamine groups is 1. The molecule has 31 heavy (non-hydrogen) atoms. The average Bonchev–Trinajstić information content (AvgIpc) is 3.41. The first kappa shape index (κ1) is 21.2. The Hall–Kier alpha value is -3.02. The van der Waals surface area contributed by atoms with Gasteiger partial charge in [0, 0.05) is 40.6 Å². The fourth-order valence-corrected chi connectivity index (χ4v) is 4.38. The number of Topliss-reactive ketones (excluding diaryl/α,β-unsaturated/α-hetero) is 1. The number of anilines is 1. The third-order valence-corrected chi connectivity index (χ3v) is 5.45. The van der Waals surface area contributed by atoms with E-state index in [4.69, 9.17) is 23.8 Å². The van der Waals surface area contributed by atoms with Gasteiger partial charge in [0.05, 0.1) is 23.8 Å². The Morgan fingerprint density at radius 3 is 2.35 bits per heavy atom. The lowest BCUT2D eigenvalue weighted by molar-refractivity contribution is -0.221. The van der Waals surface area contributed by atoms with Gasteiger partial charge in [0.25, 0.3) is 0 Å². The number of hydrogen-bond donors (Lipinski definition) is 0. The molecule has 2 fully saturated rings. The fourth-order valence-electron chi connectivity index (χ4n) is 4.38. The van der Waals surface area contributed by atoms with Crippen molar-refractivity contribution in [1.29, 1.82) is 0 Å². The number of benzene rings is 1. The summed E-state index contributed by atoms with van der Waals surface area (Å²) < 4.78 is 21.3. The van der Waals surface area contributed by atoms with Crippen LogP contribution in [0.3, 0.4) is 0 Å². The minimum absolute atomic E-state index is 0.00579. The molecule has 1 aromatic rings. The molecular weight excluding hydrogens is 412 g/mol. The van der Waals surface area contributed by atoms with Crippen LogP contribution in [-0.4, -0.2) is 67.2 Å². The van der Waals surface area contributed by atoms with Crippen LogP contribution in [0, 0.1) is 0 Å². The van der Waals surface area contributed by atoms with E-state index >= 15 is 0 Å². The lowest BCUT2D eigenvalue weighted by atomic mass is 9.91. The number of nitrogens with zero attached hydrogens (tertiary/aromatic N) is 2. The van der Waals surface area contributed by atoms with Crippen molar-refractivity contribution < 1.29 is 43.0 Å². The normalized spacial score (nSPS) is 25.7. The molecule has 0 radical (unpaired) electrons. The van der Waals surface area contributed by atoms with Gasteiger partial charge in [0.2, 0.25) is 11.7 Å². The van der Waals surface area contributed by atoms with E-state index < -0.39 is 35.8 Å². The monoisotopic (exact) mass is 434 g/mol. The SMILES string of the molecule is COC(OC)c1cc(OC(C)=O)c2c(c1)N1CC3C(N3C(C)=O)C(OC(C)=O)(O1)C2=O. The number of esters is 2. The number of methoxy groups -OCH3 is 2. The topological polar surface area (TPSA) is 121 Å². The van der Waals surface area contributed by atoms with E-state index in [-0.39, 0.29) is 35.5 Å². The van der Waals surface area contributed by atoms with Crippen LogP contribution >= 0.6 is 0 Å². The zero-order valence-electron chi connectivity index (χ0n) is 17.7. The van der Waals surface area contributed by atoms with Gasteiger partial charge >= 0.3 is 17.7 Å². The molecule has 4 rings (SSSR count). The van der Waals surface area contributed by atoms with Gasteiger partial charge in [0.15, 0.2) is 6.29 Å². The number of carbonyl (C=O) groups is 4. The first-order valence-electron chi connectivity index (χ1n) is 9.56. The molecule has 0 spiro atoms. The van der Waals surface area contributed by atoms with E-state index in [9.17, 15) is 19.2 Å². The minimum atomic E-state index is -2.06. The van der Waals surface area contributed by atoms with E-state index in [1.165, 1.54) is 44.1 Å². The van der Waals surface area contributed by atoms with Gasteiger partial charge in [-0.15, -0.1) is 0 Å². The van der Waals surface area contributed by atoms with E-state index in [2.05, 4.69) is 0 Å². The predicted molar refractivity (Wildman–Crippen MR) is 102 cm³/mol. The van der Waals surface area contributed by atoms with Crippen LogP contribution in [0.15, 0.2) is 12.1 Å². The maximum atomic E-state index is 13.7. The standard InChI is InChI=1S/C20H22N2O9/c1-9(23)22-14-8-21-13-6-12(19(27-4)28-5)7-15(29-10(2)24)16(13)18(26)20(31-21,17(14)22)30-11(3)25/h6-7,14,17,19H,8H2,1-5H3. The van der Waals surface area contributed by atoms with Crippen molar-refractivity contribution in [2.45, 2.75) is 44.9 Å². The molecule has 3 unspecified atom stereocenters. The molecule has 3 heterocycles. The highest BCUT2D eigenvalue weighted by atomic mass is 16.8. The average molecular weight is 434 g/mol. The number of ether oxygens (including phenoxy) is 4. The first-order valence-corrected chi connectivity index (χ1v) is 9.56. The zero-order valence-corrected chi connectivity index (χ0v) is 17.7. The molecule has 2 bridgehead atoms. The predicted octanol–water partition coefficient (Wildman–Crippen LogP) is 0.710. The lowest BCUT2D eigenvalue weighted by Crippen LogP contribution is -2.62. The lowest BCUT2D eigenvalue weighted by Gasteiger charge is -2.43. The third-order valence-electron chi connectivity index (χ3n) is 5.45. The van der Waals surface area contributed by atoms with Crippen molar-refractivity contribution in [3.8, 4) is 5.75 Å². The summed E-state index contributed by atoms with van der Waals surface area (Å²) in [4.78, 5) is 56.8. The number of hydrogen-bond acceptors (Lipinski definition) is 10. The van der Waals surface area contributed by atoms with Gasteiger partial charge in [-0.2, -0.15) is 0 Å². The number of amides is 1. The van der Waals surface area contributed by atoms with Crippen LogP contribution in [0.5, 0.6) is 5.75 Å². The summed E-state index contributed by atoms with van der Waals surface area (Å²) in [5.74, 6) is -4.52. The molecular formula is C20H22N2O9. The Labute approximate surface area is 177 Å². The first-order chi connectivity index (χ1) is 14.6. The van der Waals surface area contributed by atoms with E-state index in [0.29, 0.717) is 5.56 Å². The molecule has 11 heteroatoms. The number of fused-ring (bicyclic) bond motifs is 6. The van der Waals surface area contributed by atoms with E-state index in [1.54, 1.807) is 6.07 Å². The highest BCUT2D eigenvalue weighted by molar-refractivity contribution is 6.12. The van der Waals surface area contributed by atoms with Crippen molar-refractivity contribution >= 4 is 29.3 Å². The number of carbonyl (C=O) groups excluding carboxylic acids is 4. The van der Waals surface area contributed by atoms with Crippen molar-refractivity contribution in [2.75, 3.05) is 25.8 Å². The van der Waals surface area contributed by atoms with Gasteiger partial charge in [0.1, 0.15) is 11.8 Å². The molecule has 3 aliphatic heterocycles. The summed E-state index contributed by atoms with van der Waals surface area (Å²) in [5, 5.41) is 1.38. The second-order valence-electron chi connectivity index (χ2n) is 7.49. The highest BCUT2D eigenvalue weighted by Crippen LogP contribution is 2.53. The Kier molecular flexibility index (Phi) is 4.99. The van der Waals surface area contributed by atoms with Gasteiger partial charge < -0.3 is 23.8 Å². The number of rotatable bonds is 5. The molecule has 11 nitrogen and oxygen atoms in total. The molecule has 2 saturated heterocycles. The van der Waals surface area contributed by atoms with Crippen LogP contribution in [-0.2, 0) is 33.4 Å². The Bertz CT molecular complexity index is 989. The van der Waals surface area contributed by atoms with Crippen molar-refractivity contribution in [1.82, 2.24) is 4.90 Å². The van der Waals surface area contributed by atoms with E-state index in [1.807, 2.05) is 0 Å². The summed E-state index contributed by atoms with van der Waals surface area (Å²) in [5.41, 5.74) is 0.762. The Morgan fingerprint density at radius 2 is 1.81 bits per heavy atom. The molecule has 0 aliphatic carbocycles. The Balaban J connectivity index is 1.91. The third kappa shape index (κ3) is 3.16. The van der Waals surface area contributed by atoms with Crippen LogP contribution < -0.4 is 9.80 Å². The highest BCUT2D eigenvalue weighted by Gasteiger charge is 2.74. The summed E-state index contributed by atoms with van der Waals surface area (Å²) in [6.07, 6.45) is -0.804. The van der Waals surface area contributed by atoms with Gasteiger partial charge in [-0.05, 0) is 12.1 Å². The molecule has 1 aromatic carbocycles. The van der Waals surface area contributed by atoms with Crippen LogP contribution in [0.25, 0.3) is 0 Å². The van der Waals surface area contributed by atoms with Crippen LogP contribution in [0.1, 0.15) is 43.0 Å². The quantitative estimate of drug-likeness (QED) is 0.283. The van der Waals surface area contributed by atoms with Crippen molar-refractivity contribution in [2.24, 2.45) is 0 Å². The van der Waals surface area contributed by atoms with Crippen LogP contribution in [0.2, 0.25) is 0 Å². The van der Waals surface area contributed by atoms with Crippen LogP contribution in [0.4, 0.5) is 5.69 Å². The second kappa shape index (κ2) is 7.29. The molecule has 3 atom stereocenters. The van der Waals surface area contributed by atoms with E-state index in [0.717, 1.165) is 6.92 Å². The molecule has 0 aromatic heterocycles. The smallest absolute Gasteiger partial charge is 0.322 e. The fraction of sp³-hybridized carbons (Fsp3) is 0.500. The molecule has 3 aliphatic rings. The van der Waals surface area contributed by atoms with Gasteiger partial charge in [-0.3, -0.25) is 19.2 Å². The zero-order chi connectivity index (χ0) is 22.7. The largest absolute Gasteiger partial charge is 0.426 e. The Morgan fingerprint density at radius 1 is 1.13 bits per heavy atom.